The maximum Gasteiger partial charge on any atom is 0.372 e. The second-order valence-electron chi connectivity index (χ2n) is 4.13. The molecule has 0 aliphatic heterocycles. The molecule has 92 valence electrons. The van der Waals surface area contributed by atoms with Crippen molar-refractivity contribution in [1.29, 1.82) is 0 Å². The van der Waals surface area contributed by atoms with Gasteiger partial charge in [-0.25, -0.2) is 4.79 Å². The predicted molar refractivity (Wildman–Crippen MR) is 66.0 cm³/mol. The lowest BCUT2D eigenvalue weighted by molar-refractivity contribution is -0.149. The highest BCUT2D eigenvalue weighted by molar-refractivity contribution is 6.34. The zero-order valence-corrected chi connectivity index (χ0v) is 10.1. The third-order valence-corrected chi connectivity index (χ3v) is 2.83. The Morgan fingerprint density at radius 3 is 2.35 bits per heavy atom. The van der Waals surface area contributed by atoms with Gasteiger partial charge in [-0.1, -0.05) is 56.5 Å². The van der Waals surface area contributed by atoms with Gasteiger partial charge < -0.3 is 5.11 Å². The van der Waals surface area contributed by atoms with Gasteiger partial charge in [0.05, 0.1) is 5.92 Å². The third-order valence-electron chi connectivity index (χ3n) is 2.83. The van der Waals surface area contributed by atoms with E-state index in [2.05, 4.69) is 6.92 Å². The summed E-state index contributed by atoms with van der Waals surface area (Å²) in [6.45, 7) is 2.08. The van der Waals surface area contributed by atoms with Crippen LogP contribution in [-0.4, -0.2) is 16.9 Å². The van der Waals surface area contributed by atoms with Gasteiger partial charge in [0, 0.05) is 0 Å². The number of ketones is 1. The molecule has 0 aliphatic rings. The van der Waals surface area contributed by atoms with Crippen molar-refractivity contribution in [2.24, 2.45) is 0 Å². The topological polar surface area (TPSA) is 54.4 Å². The van der Waals surface area contributed by atoms with Crippen molar-refractivity contribution >= 4 is 11.8 Å². The maximum atomic E-state index is 11.6. The van der Waals surface area contributed by atoms with E-state index < -0.39 is 17.7 Å². The molecule has 0 saturated carbocycles. The molecule has 1 rings (SSSR count). The van der Waals surface area contributed by atoms with Crippen LogP contribution in [0, 0.1) is 0 Å². The molecule has 3 nitrogen and oxygen atoms in total. The summed E-state index contributed by atoms with van der Waals surface area (Å²) < 4.78 is 0. The van der Waals surface area contributed by atoms with Gasteiger partial charge in [0.2, 0.25) is 5.78 Å². The Kier molecular flexibility index (Phi) is 5.40. The molecule has 0 bridgehead atoms. The summed E-state index contributed by atoms with van der Waals surface area (Å²) in [6, 6.07) is 9.15. The van der Waals surface area contributed by atoms with Gasteiger partial charge in [0.25, 0.3) is 0 Å². The molecule has 3 heteroatoms. The van der Waals surface area contributed by atoms with E-state index in [1.54, 1.807) is 0 Å². The highest BCUT2D eigenvalue weighted by Crippen LogP contribution is 2.23. The minimum absolute atomic E-state index is 0.500. The van der Waals surface area contributed by atoms with Crippen LogP contribution in [0.5, 0.6) is 0 Å². The number of rotatable bonds is 7. The standard InChI is InChI=1S/C14H18O3/c1-2-3-5-10-12(13(15)14(16)17)11-8-6-4-7-9-11/h4,6-9,12H,2-3,5,10H2,1H3,(H,16,17). The minimum Gasteiger partial charge on any atom is -0.475 e. The van der Waals surface area contributed by atoms with Crippen molar-refractivity contribution in [1.82, 2.24) is 0 Å². The molecular weight excluding hydrogens is 216 g/mol. The summed E-state index contributed by atoms with van der Waals surface area (Å²) in [5.41, 5.74) is 0.802. The summed E-state index contributed by atoms with van der Waals surface area (Å²) in [5.74, 6) is -2.54. The summed E-state index contributed by atoms with van der Waals surface area (Å²) in [7, 11) is 0. The first-order valence-electron chi connectivity index (χ1n) is 5.99. The lowest BCUT2D eigenvalue weighted by Crippen LogP contribution is -2.21. The normalized spacial score (nSPS) is 12.1. The molecule has 1 aromatic rings. The Morgan fingerprint density at radius 1 is 1.18 bits per heavy atom. The largest absolute Gasteiger partial charge is 0.475 e. The van der Waals surface area contributed by atoms with E-state index >= 15 is 0 Å². The zero-order valence-electron chi connectivity index (χ0n) is 10.1. The number of carbonyl (C=O) groups excluding carboxylic acids is 1. The average Bonchev–Trinajstić information content (AvgIpc) is 2.35. The predicted octanol–water partition coefficient (Wildman–Crippen LogP) is 3.00. The molecule has 1 aromatic carbocycles. The number of unbranched alkanes of at least 4 members (excludes halogenated alkanes) is 2. The number of carboxylic acids is 1. The number of Topliss-reactive ketones (excluding diaryl/α,β-unsaturated/α-hetero) is 1. The molecule has 0 radical (unpaired) electrons. The van der Waals surface area contributed by atoms with E-state index in [4.69, 9.17) is 5.11 Å². The fraction of sp³-hybridized carbons (Fsp3) is 0.429. The monoisotopic (exact) mass is 234 g/mol. The molecule has 1 unspecified atom stereocenters. The van der Waals surface area contributed by atoms with Gasteiger partial charge in [-0.15, -0.1) is 0 Å². The fourth-order valence-corrected chi connectivity index (χ4v) is 1.88. The average molecular weight is 234 g/mol. The first kappa shape index (κ1) is 13.4. The van der Waals surface area contributed by atoms with Crippen molar-refractivity contribution in [2.45, 2.75) is 38.5 Å². The van der Waals surface area contributed by atoms with E-state index in [0.29, 0.717) is 6.42 Å². The molecule has 0 fully saturated rings. The number of hydrogen-bond acceptors (Lipinski definition) is 2. The van der Waals surface area contributed by atoms with Gasteiger partial charge in [-0.2, -0.15) is 0 Å². The molecule has 17 heavy (non-hydrogen) atoms. The van der Waals surface area contributed by atoms with E-state index in [-0.39, 0.29) is 0 Å². The van der Waals surface area contributed by atoms with E-state index in [0.717, 1.165) is 24.8 Å². The number of hydrogen-bond donors (Lipinski definition) is 1. The maximum absolute atomic E-state index is 11.6. The summed E-state index contributed by atoms with van der Waals surface area (Å²) >= 11 is 0. The van der Waals surface area contributed by atoms with Crippen molar-refractivity contribution < 1.29 is 14.7 Å². The Bertz CT molecular complexity index is 370. The van der Waals surface area contributed by atoms with Gasteiger partial charge >= 0.3 is 5.97 Å². The van der Waals surface area contributed by atoms with Crippen LogP contribution >= 0.6 is 0 Å². The zero-order chi connectivity index (χ0) is 12.7. The van der Waals surface area contributed by atoms with Crippen LogP contribution in [0.25, 0.3) is 0 Å². The Balaban J connectivity index is 2.79. The second-order valence-corrected chi connectivity index (χ2v) is 4.13. The van der Waals surface area contributed by atoms with Crippen LogP contribution in [0.1, 0.15) is 44.1 Å². The molecule has 0 heterocycles. The van der Waals surface area contributed by atoms with Gasteiger partial charge in [-0.05, 0) is 12.0 Å². The SMILES string of the molecule is CCCCCC(C(=O)C(=O)O)c1ccccc1. The first-order valence-corrected chi connectivity index (χ1v) is 5.99. The van der Waals surface area contributed by atoms with E-state index in [1.807, 2.05) is 30.3 Å². The number of benzene rings is 1. The quantitative estimate of drug-likeness (QED) is 0.583. The fourth-order valence-electron chi connectivity index (χ4n) is 1.88. The number of aliphatic carboxylic acids is 1. The summed E-state index contributed by atoms with van der Waals surface area (Å²) in [5, 5.41) is 8.82. The van der Waals surface area contributed by atoms with Crippen molar-refractivity contribution in [3.8, 4) is 0 Å². The second kappa shape index (κ2) is 6.84. The number of carbonyl (C=O) groups is 2. The Labute approximate surface area is 101 Å². The van der Waals surface area contributed by atoms with Crippen LogP contribution in [0.2, 0.25) is 0 Å². The molecule has 0 spiro atoms. The molecule has 0 amide bonds. The van der Waals surface area contributed by atoms with Gasteiger partial charge in [0.15, 0.2) is 0 Å². The first-order chi connectivity index (χ1) is 8.16. The van der Waals surface area contributed by atoms with E-state index in [1.165, 1.54) is 0 Å². The lowest BCUT2D eigenvalue weighted by atomic mass is 9.89. The molecule has 0 aliphatic carbocycles. The Morgan fingerprint density at radius 2 is 1.82 bits per heavy atom. The number of carboxylic acid groups (broad SMARTS) is 1. The van der Waals surface area contributed by atoms with Crippen molar-refractivity contribution in [3.63, 3.8) is 0 Å². The Hall–Kier alpha value is -1.64. The molecular formula is C14H18O3. The van der Waals surface area contributed by atoms with Crippen LogP contribution in [0.15, 0.2) is 30.3 Å². The lowest BCUT2D eigenvalue weighted by Gasteiger charge is -2.13. The van der Waals surface area contributed by atoms with Crippen molar-refractivity contribution in [3.05, 3.63) is 35.9 Å². The third kappa shape index (κ3) is 4.02. The highest BCUT2D eigenvalue weighted by atomic mass is 16.4. The van der Waals surface area contributed by atoms with Crippen LogP contribution in [-0.2, 0) is 9.59 Å². The van der Waals surface area contributed by atoms with Crippen molar-refractivity contribution in [2.75, 3.05) is 0 Å². The molecule has 0 saturated heterocycles. The van der Waals surface area contributed by atoms with Gasteiger partial charge in [0.1, 0.15) is 0 Å². The minimum atomic E-state index is -1.34. The van der Waals surface area contributed by atoms with E-state index in [9.17, 15) is 9.59 Å². The van der Waals surface area contributed by atoms with Crippen LogP contribution in [0.3, 0.4) is 0 Å². The smallest absolute Gasteiger partial charge is 0.372 e. The van der Waals surface area contributed by atoms with Crippen LogP contribution in [0.4, 0.5) is 0 Å². The molecule has 0 aromatic heterocycles. The molecule has 1 atom stereocenters. The van der Waals surface area contributed by atoms with Crippen LogP contribution < -0.4 is 0 Å². The summed E-state index contributed by atoms with van der Waals surface area (Å²) in [4.78, 5) is 22.4. The molecule has 1 N–H and O–H groups in total. The van der Waals surface area contributed by atoms with Gasteiger partial charge in [-0.3, -0.25) is 4.79 Å². The summed E-state index contributed by atoms with van der Waals surface area (Å²) in [6.07, 6.45) is 3.58. The highest BCUT2D eigenvalue weighted by Gasteiger charge is 2.25.